The third-order valence-electron chi connectivity index (χ3n) is 5.31. The number of aliphatic hydroxyl groups excluding tert-OH is 1. The van der Waals surface area contributed by atoms with Gasteiger partial charge in [0, 0.05) is 24.8 Å². The van der Waals surface area contributed by atoms with Crippen molar-refractivity contribution in [2.45, 2.75) is 18.6 Å². The number of nitrogens with zero attached hydrogens (tertiary/aromatic N) is 1. The van der Waals surface area contributed by atoms with Gasteiger partial charge in [0.2, 0.25) is 17.7 Å². The predicted octanol–water partition coefficient (Wildman–Crippen LogP) is 0.0399. The Kier molecular flexibility index (Phi) is 4.24. The van der Waals surface area contributed by atoms with E-state index < -0.39 is 23.5 Å². The first kappa shape index (κ1) is 17.7. The maximum Gasteiger partial charge on any atom is 0.234 e. The molecule has 0 saturated carbocycles. The van der Waals surface area contributed by atoms with Crippen LogP contribution in [0.4, 0.5) is 11.4 Å². The van der Waals surface area contributed by atoms with E-state index in [1.165, 1.54) is 6.92 Å². The van der Waals surface area contributed by atoms with Crippen molar-refractivity contribution in [2.24, 2.45) is 11.8 Å². The summed E-state index contributed by atoms with van der Waals surface area (Å²) in [6.07, 6.45) is 3.32. The Hall–Kier alpha value is -2.71. The zero-order valence-electron chi connectivity index (χ0n) is 14.8. The van der Waals surface area contributed by atoms with Crippen molar-refractivity contribution in [3.63, 3.8) is 0 Å². The molecular weight excluding hydrogens is 350 g/mol. The number of ether oxygens (including phenoxy) is 1. The van der Waals surface area contributed by atoms with Gasteiger partial charge in [-0.1, -0.05) is 12.2 Å². The molecule has 0 unspecified atom stereocenters. The van der Waals surface area contributed by atoms with Crippen molar-refractivity contribution in [2.75, 3.05) is 29.9 Å². The molecule has 3 amide bonds. The Morgan fingerprint density at radius 3 is 2.74 bits per heavy atom. The molecule has 2 bridgehead atoms. The Bertz CT molecular complexity index is 821. The molecule has 1 spiro atoms. The third-order valence-corrected chi connectivity index (χ3v) is 5.31. The van der Waals surface area contributed by atoms with Crippen LogP contribution in [0.15, 0.2) is 36.4 Å². The van der Waals surface area contributed by atoms with E-state index in [4.69, 9.17) is 9.84 Å². The summed E-state index contributed by atoms with van der Waals surface area (Å²) >= 11 is 0. The first-order chi connectivity index (χ1) is 12.9. The van der Waals surface area contributed by atoms with Crippen LogP contribution in [0.25, 0.3) is 0 Å². The molecule has 0 aliphatic carbocycles. The summed E-state index contributed by atoms with van der Waals surface area (Å²) in [6, 6.07) is 6.99. The number of fused-ring (bicyclic) bond motifs is 1. The van der Waals surface area contributed by atoms with Crippen molar-refractivity contribution in [1.29, 1.82) is 0 Å². The molecule has 4 atom stereocenters. The Morgan fingerprint density at radius 1 is 1.33 bits per heavy atom. The minimum absolute atomic E-state index is 0.147. The van der Waals surface area contributed by atoms with Gasteiger partial charge in [-0.15, -0.1) is 0 Å². The van der Waals surface area contributed by atoms with Crippen molar-refractivity contribution >= 4 is 29.1 Å². The van der Waals surface area contributed by atoms with Gasteiger partial charge in [-0.2, -0.15) is 0 Å². The van der Waals surface area contributed by atoms with Gasteiger partial charge in [0.25, 0.3) is 0 Å². The minimum Gasteiger partial charge on any atom is -0.395 e. The van der Waals surface area contributed by atoms with Gasteiger partial charge in [-0.05, 0) is 24.3 Å². The highest BCUT2D eigenvalue weighted by Crippen LogP contribution is 2.52. The van der Waals surface area contributed by atoms with E-state index in [0.29, 0.717) is 17.9 Å². The predicted molar refractivity (Wildman–Crippen MR) is 96.9 cm³/mol. The molecule has 1 aromatic carbocycles. The summed E-state index contributed by atoms with van der Waals surface area (Å²) < 4.78 is 6.04. The summed E-state index contributed by atoms with van der Waals surface area (Å²) in [5.41, 5.74) is 0.543. The molecule has 2 saturated heterocycles. The fourth-order valence-corrected chi connectivity index (χ4v) is 4.24. The molecule has 3 N–H and O–H groups in total. The smallest absolute Gasteiger partial charge is 0.234 e. The van der Waals surface area contributed by atoms with Crippen molar-refractivity contribution in [1.82, 2.24) is 5.32 Å². The highest BCUT2D eigenvalue weighted by atomic mass is 16.5. The zero-order valence-corrected chi connectivity index (χ0v) is 14.8. The normalized spacial score (nSPS) is 30.5. The third kappa shape index (κ3) is 2.81. The average molecular weight is 371 g/mol. The Labute approximate surface area is 156 Å². The van der Waals surface area contributed by atoms with Gasteiger partial charge in [0.15, 0.2) is 0 Å². The molecule has 4 rings (SSSR count). The molecule has 2 fully saturated rings. The van der Waals surface area contributed by atoms with Crippen LogP contribution in [-0.2, 0) is 19.1 Å². The first-order valence-electron chi connectivity index (χ1n) is 8.90. The van der Waals surface area contributed by atoms with Crippen LogP contribution in [0.2, 0.25) is 0 Å². The van der Waals surface area contributed by atoms with Crippen LogP contribution in [0.5, 0.6) is 0 Å². The molecule has 0 radical (unpaired) electrons. The van der Waals surface area contributed by atoms with Crippen LogP contribution >= 0.6 is 0 Å². The molecule has 0 aromatic heterocycles. The van der Waals surface area contributed by atoms with Crippen molar-refractivity contribution in [3.05, 3.63) is 36.4 Å². The summed E-state index contributed by atoms with van der Waals surface area (Å²) in [4.78, 5) is 38.4. The second-order valence-electron chi connectivity index (χ2n) is 7.07. The first-order valence-corrected chi connectivity index (χ1v) is 8.90. The lowest BCUT2D eigenvalue weighted by molar-refractivity contribution is -0.132. The minimum atomic E-state index is -0.792. The van der Waals surface area contributed by atoms with Crippen LogP contribution in [0, 0.1) is 11.8 Å². The van der Waals surface area contributed by atoms with Crippen LogP contribution in [0.3, 0.4) is 0 Å². The lowest BCUT2D eigenvalue weighted by Crippen LogP contribution is -2.44. The SMILES string of the molecule is CC(=O)Nc1ccc(N2C[C@]34C=C[C@H](O3)[C@H](C(=O)NCCO)[C@@H]4C2=O)cc1. The number of aliphatic hydroxyl groups is 1. The number of nitrogens with one attached hydrogen (secondary N) is 2. The van der Waals surface area contributed by atoms with Gasteiger partial charge in [0.05, 0.1) is 31.1 Å². The van der Waals surface area contributed by atoms with E-state index in [-0.39, 0.29) is 30.9 Å². The Morgan fingerprint density at radius 2 is 2.07 bits per heavy atom. The van der Waals surface area contributed by atoms with Gasteiger partial charge >= 0.3 is 0 Å². The number of anilines is 2. The molecule has 3 heterocycles. The van der Waals surface area contributed by atoms with E-state index in [2.05, 4.69) is 10.6 Å². The quantitative estimate of drug-likeness (QED) is 0.634. The number of carbonyl (C=O) groups excluding carboxylic acids is 3. The topological polar surface area (TPSA) is 108 Å². The molecule has 27 heavy (non-hydrogen) atoms. The van der Waals surface area contributed by atoms with E-state index >= 15 is 0 Å². The molecular formula is C19H21N3O5. The monoisotopic (exact) mass is 371 g/mol. The number of hydrogen-bond acceptors (Lipinski definition) is 5. The molecule has 142 valence electrons. The standard InChI is InChI=1S/C19H21N3O5/c1-11(24)21-12-2-4-13(5-3-12)22-10-19-7-6-14(27-19)15(16(19)18(22)26)17(25)20-8-9-23/h2-7,14-16,23H,8-10H2,1H3,(H,20,25)(H,21,24)/t14-,15-,16+,19-/m0/s1. The molecule has 1 aromatic rings. The fourth-order valence-electron chi connectivity index (χ4n) is 4.24. The number of amides is 3. The summed E-state index contributed by atoms with van der Waals surface area (Å²) in [5.74, 6) is -1.78. The van der Waals surface area contributed by atoms with Crippen LogP contribution in [0.1, 0.15) is 6.92 Å². The second kappa shape index (κ2) is 6.47. The number of benzene rings is 1. The summed E-state index contributed by atoms with van der Waals surface area (Å²) in [6.45, 7) is 1.76. The molecule has 3 aliphatic heterocycles. The van der Waals surface area contributed by atoms with E-state index in [9.17, 15) is 14.4 Å². The van der Waals surface area contributed by atoms with E-state index in [1.54, 1.807) is 29.2 Å². The average Bonchev–Trinajstić information content (AvgIpc) is 3.28. The lowest BCUT2D eigenvalue weighted by atomic mass is 9.77. The highest BCUT2D eigenvalue weighted by molar-refractivity contribution is 6.03. The van der Waals surface area contributed by atoms with E-state index in [0.717, 1.165) is 0 Å². The summed E-state index contributed by atoms with van der Waals surface area (Å²) in [7, 11) is 0. The highest BCUT2D eigenvalue weighted by Gasteiger charge is 2.66. The number of hydrogen-bond donors (Lipinski definition) is 3. The maximum absolute atomic E-state index is 13.1. The van der Waals surface area contributed by atoms with Gasteiger partial charge in [-0.3, -0.25) is 14.4 Å². The largest absolute Gasteiger partial charge is 0.395 e. The van der Waals surface area contributed by atoms with Gasteiger partial charge in [0.1, 0.15) is 5.60 Å². The van der Waals surface area contributed by atoms with Gasteiger partial charge < -0.3 is 25.4 Å². The molecule has 8 heteroatoms. The van der Waals surface area contributed by atoms with E-state index in [1.807, 2.05) is 12.2 Å². The Balaban J connectivity index is 1.57. The maximum atomic E-state index is 13.1. The zero-order chi connectivity index (χ0) is 19.2. The fraction of sp³-hybridized carbons (Fsp3) is 0.421. The lowest BCUT2D eigenvalue weighted by Gasteiger charge is -2.23. The van der Waals surface area contributed by atoms with Crippen LogP contribution < -0.4 is 15.5 Å². The second-order valence-corrected chi connectivity index (χ2v) is 7.07. The molecule has 8 nitrogen and oxygen atoms in total. The molecule has 3 aliphatic rings. The van der Waals surface area contributed by atoms with Crippen LogP contribution in [-0.4, -0.2) is 54.2 Å². The summed E-state index contributed by atoms with van der Waals surface area (Å²) in [5, 5.41) is 14.3. The van der Waals surface area contributed by atoms with Crippen molar-refractivity contribution in [3.8, 4) is 0 Å². The van der Waals surface area contributed by atoms with Crippen molar-refractivity contribution < 1.29 is 24.2 Å². The number of carbonyl (C=O) groups is 3. The van der Waals surface area contributed by atoms with Gasteiger partial charge in [-0.25, -0.2) is 0 Å². The number of rotatable bonds is 5.